The van der Waals surface area contributed by atoms with E-state index in [0.717, 1.165) is 105 Å². The van der Waals surface area contributed by atoms with Gasteiger partial charge in [0.2, 0.25) is 0 Å². The van der Waals surface area contributed by atoms with Gasteiger partial charge in [-0.3, -0.25) is 0 Å². The molecule has 8 aliphatic carbocycles. The van der Waals surface area contributed by atoms with E-state index in [4.69, 9.17) is 0 Å². The topological polar surface area (TPSA) is 144 Å². The van der Waals surface area contributed by atoms with Crippen molar-refractivity contribution in [3.63, 3.8) is 0 Å². The van der Waals surface area contributed by atoms with Crippen LogP contribution in [0.1, 0.15) is 204 Å². The third-order valence-corrected chi connectivity index (χ3v) is 20.7. The summed E-state index contributed by atoms with van der Waals surface area (Å²) in [6, 6.07) is 0. The Labute approximate surface area is 388 Å². The third-order valence-electron chi connectivity index (χ3n) is 20.7. The van der Waals surface area contributed by atoms with Crippen molar-refractivity contribution in [2.45, 2.75) is 227 Å². The number of hydrogen-bond acceptors (Lipinski definition) is 4. The van der Waals surface area contributed by atoms with Crippen LogP contribution < -0.4 is 0 Å². The molecule has 0 aliphatic heterocycles. The summed E-state index contributed by atoms with van der Waals surface area (Å²) in [7, 11) is 0. The maximum absolute atomic E-state index is 10.9. The van der Waals surface area contributed by atoms with Crippen LogP contribution in [0.25, 0.3) is 0 Å². The zero-order valence-electron chi connectivity index (χ0n) is 40.8. The molecule has 0 heterocycles. The van der Waals surface area contributed by atoms with Gasteiger partial charge in [-0.05, 0) is 248 Å². The minimum atomic E-state index is -0.474. The summed E-state index contributed by atoms with van der Waals surface area (Å²) in [5.74, 6) is 11.3. The van der Waals surface area contributed by atoms with Gasteiger partial charge < -0.3 is 31.4 Å². The second-order valence-electron chi connectivity index (χ2n) is 25.2. The molecule has 0 aromatic rings. The molecule has 360 valence electrons. The normalized spacial score (nSPS) is 45.5. The van der Waals surface area contributed by atoms with Crippen LogP contribution in [-0.2, 0) is 20.4 Å². The maximum Gasteiger partial charge on any atom is 0.0657 e. The van der Waals surface area contributed by atoms with Gasteiger partial charge in [0.15, 0.2) is 0 Å². The number of rotatable bonds is 10. The second kappa shape index (κ2) is 21.0. The fourth-order valence-corrected chi connectivity index (χ4v) is 17.4. The molecule has 0 bridgehead atoms. The second-order valence-corrected chi connectivity index (χ2v) is 25.2. The van der Waals surface area contributed by atoms with Gasteiger partial charge in [-0.2, -0.15) is 0 Å². The number of fused-ring (bicyclic) bond motifs is 10. The van der Waals surface area contributed by atoms with Crippen molar-refractivity contribution in [1.29, 1.82) is 0 Å². The third kappa shape index (κ3) is 11.0. The molecule has 8 N–H and O–H groups in total. The van der Waals surface area contributed by atoms with Gasteiger partial charge in [0, 0.05) is 20.4 Å². The summed E-state index contributed by atoms with van der Waals surface area (Å²) in [5.41, 5.74) is 1.57. The summed E-state index contributed by atoms with van der Waals surface area (Å²) in [6.45, 7) is 23.1. The van der Waals surface area contributed by atoms with Crippen molar-refractivity contribution in [3.05, 3.63) is 11.6 Å². The molecule has 0 aromatic heterocycles. The van der Waals surface area contributed by atoms with E-state index in [-0.39, 0.29) is 43.6 Å². The van der Waals surface area contributed by atoms with E-state index in [1.807, 2.05) is 6.92 Å². The minimum absolute atomic E-state index is 0. The number of allylic oxidation sites excluding steroid dienone is 1. The molecule has 6 nitrogen and oxygen atoms in total. The number of hydrogen-bond donors (Lipinski definition) is 4. The smallest absolute Gasteiger partial charge is 0.0657 e. The van der Waals surface area contributed by atoms with Crippen LogP contribution in [0.4, 0.5) is 0 Å². The average Bonchev–Trinajstić information content (AvgIpc) is 3.71. The van der Waals surface area contributed by atoms with Gasteiger partial charge in [-0.15, -0.1) is 0 Å². The van der Waals surface area contributed by atoms with Crippen LogP contribution in [0.5, 0.6) is 0 Å². The molecular weight excluding hydrogens is 851 g/mol. The molecule has 0 saturated heterocycles. The van der Waals surface area contributed by atoms with E-state index in [1.54, 1.807) is 5.57 Å². The van der Waals surface area contributed by atoms with Gasteiger partial charge in [0.05, 0.1) is 23.4 Å². The Morgan fingerprint density at radius 2 is 1.03 bits per heavy atom. The Balaban J connectivity index is 0.000000256. The molecule has 7 saturated carbocycles. The molecule has 19 atom stereocenters. The Morgan fingerprint density at radius 3 is 1.57 bits per heavy atom. The molecule has 0 amide bonds. The first-order chi connectivity index (χ1) is 27.2. The average molecular weight is 950 g/mol. The van der Waals surface area contributed by atoms with Crippen molar-refractivity contribution in [2.75, 3.05) is 0 Å². The van der Waals surface area contributed by atoms with Gasteiger partial charge >= 0.3 is 0 Å². The van der Waals surface area contributed by atoms with Crippen LogP contribution >= 0.6 is 0 Å². The summed E-state index contributed by atoms with van der Waals surface area (Å²) in [5, 5.41) is 43.0. The molecular formula is C54H98O6Pd. The monoisotopic (exact) mass is 949 g/mol. The summed E-state index contributed by atoms with van der Waals surface area (Å²) < 4.78 is 0. The first-order valence-corrected chi connectivity index (χ1v) is 25.7. The zero-order chi connectivity index (χ0) is 41.9. The zero-order valence-corrected chi connectivity index (χ0v) is 42.4. The van der Waals surface area contributed by atoms with Gasteiger partial charge in [0.1, 0.15) is 0 Å². The van der Waals surface area contributed by atoms with E-state index < -0.39 is 11.2 Å². The summed E-state index contributed by atoms with van der Waals surface area (Å²) >= 11 is 0. The van der Waals surface area contributed by atoms with Crippen LogP contribution in [0, 0.1) is 99.6 Å². The molecule has 8 aliphatic rings. The number of aliphatic hydroxyl groups is 4. The first kappa shape index (κ1) is 53.8. The van der Waals surface area contributed by atoms with Crippen molar-refractivity contribution in [1.82, 2.24) is 0 Å². The number of aliphatic hydroxyl groups excluding tert-OH is 2. The predicted octanol–water partition coefficient (Wildman–Crippen LogP) is 11.1. The predicted molar refractivity (Wildman–Crippen MR) is 248 cm³/mol. The molecule has 0 spiro atoms. The standard InChI is InChI=1S/C27H48O2.C27H46O2.2H2O.Pd/c2*1-17(2)6-11-25(28)18(3)23-9-10-24-22-8-7-19-16-26(4,29)14-12-20(19)21(22)13-15-27(23,24)5;;;/h17-25,28-29H,6-16H2,1-5H3;7,17-18,20-25,28-29H,6,8-16H2,1-5H3;2*1H2;/t18-,19-,20-,21+,22+,23+,24-,25+,26-,27+;18-,20-,21+,22+,23+,24-,25+,26-,27+;;;/m00.../s1. The first-order valence-electron chi connectivity index (χ1n) is 25.7. The van der Waals surface area contributed by atoms with Crippen LogP contribution in [-0.4, -0.2) is 54.8 Å². The Kier molecular flexibility index (Phi) is 18.5. The molecule has 0 unspecified atom stereocenters. The minimum Gasteiger partial charge on any atom is -0.412 e. The molecule has 61 heavy (non-hydrogen) atoms. The van der Waals surface area contributed by atoms with E-state index in [2.05, 4.69) is 68.4 Å². The molecule has 7 fully saturated rings. The SMILES string of the molecule is CC(C)CC[C@@H](O)[C@@H](C)[C@H]1CC[C@H]2[C@@H]3CC=C4C[C@@](C)(O)CC[C@@H]4[C@H]3CC[C@]12C.CC(C)CC[C@@H](O)[C@@H](C)[C@H]1CC[C@H]2[C@@H]3CC[C@H]4C[C@@](C)(O)CC[C@@H]4[C@H]3CC[C@]12C.O.O.[Pd]. The maximum atomic E-state index is 10.9. The van der Waals surface area contributed by atoms with E-state index in [0.29, 0.717) is 46.3 Å². The fraction of sp³-hybridized carbons (Fsp3) is 0.963. The largest absolute Gasteiger partial charge is 0.412 e. The molecule has 7 heteroatoms. The van der Waals surface area contributed by atoms with E-state index >= 15 is 0 Å². The molecule has 8 rings (SSSR count). The quantitative estimate of drug-likeness (QED) is 0.128. The Morgan fingerprint density at radius 1 is 0.541 bits per heavy atom. The van der Waals surface area contributed by atoms with Gasteiger partial charge in [-0.1, -0.05) is 67.0 Å². The Hall–Kier alpha value is 0.162. The van der Waals surface area contributed by atoms with E-state index in [9.17, 15) is 20.4 Å². The van der Waals surface area contributed by atoms with Crippen molar-refractivity contribution >= 4 is 0 Å². The van der Waals surface area contributed by atoms with Crippen LogP contribution in [0.15, 0.2) is 11.6 Å². The van der Waals surface area contributed by atoms with Crippen LogP contribution in [0.3, 0.4) is 0 Å². The molecule has 0 aromatic carbocycles. The summed E-state index contributed by atoms with van der Waals surface area (Å²) in [6.07, 6.45) is 27.9. The fourth-order valence-electron chi connectivity index (χ4n) is 17.4. The van der Waals surface area contributed by atoms with Crippen molar-refractivity contribution in [2.24, 2.45) is 99.6 Å². The van der Waals surface area contributed by atoms with Crippen LogP contribution in [0.2, 0.25) is 0 Å². The van der Waals surface area contributed by atoms with Crippen molar-refractivity contribution < 1.29 is 51.8 Å². The molecule has 0 radical (unpaired) electrons. The van der Waals surface area contributed by atoms with Crippen molar-refractivity contribution in [3.8, 4) is 0 Å². The Bertz CT molecular complexity index is 1410. The van der Waals surface area contributed by atoms with Gasteiger partial charge in [0.25, 0.3) is 0 Å². The summed E-state index contributed by atoms with van der Waals surface area (Å²) in [4.78, 5) is 0. The van der Waals surface area contributed by atoms with E-state index in [1.165, 1.54) is 83.5 Å². The van der Waals surface area contributed by atoms with Gasteiger partial charge in [-0.25, -0.2) is 0 Å².